The molecule has 2 N–H and O–H groups in total. The molecule has 0 amide bonds. The summed E-state index contributed by atoms with van der Waals surface area (Å²) in [6.45, 7) is 6.74. The van der Waals surface area contributed by atoms with Gasteiger partial charge in [0.1, 0.15) is 0 Å². The zero-order valence-corrected chi connectivity index (χ0v) is 8.84. The molecule has 2 atom stereocenters. The van der Waals surface area contributed by atoms with Gasteiger partial charge < -0.3 is 10.4 Å². The van der Waals surface area contributed by atoms with Crippen LogP contribution in [0.15, 0.2) is 0 Å². The Morgan fingerprint density at radius 3 is 2.46 bits per heavy atom. The summed E-state index contributed by atoms with van der Waals surface area (Å²) in [4.78, 5) is 10.6. The number of carboxylic acids is 1. The molecule has 0 saturated carbocycles. The maximum absolute atomic E-state index is 10.6. The number of hydrogen-bond acceptors (Lipinski definition) is 2. The molecular weight excluding hydrogens is 166 g/mol. The summed E-state index contributed by atoms with van der Waals surface area (Å²) in [6, 6.07) is 0.0642. The van der Waals surface area contributed by atoms with Gasteiger partial charge in [0.25, 0.3) is 0 Å². The Morgan fingerprint density at radius 2 is 2.00 bits per heavy atom. The van der Waals surface area contributed by atoms with Crippen molar-refractivity contribution < 1.29 is 9.90 Å². The molecule has 3 heteroatoms. The zero-order chi connectivity index (χ0) is 10.3. The SMILES string of the molecule is CCCCCNC(C)C(C)C(=O)O. The molecule has 2 unspecified atom stereocenters. The first-order valence-corrected chi connectivity index (χ1v) is 5.05. The minimum absolute atomic E-state index is 0.0642. The summed E-state index contributed by atoms with van der Waals surface area (Å²) >= 11 is 0. The van der Waals surface area contributed by atoms with Crippen LogP contribution in [0, 0.1) is 5.92 Å². The highest BCUT2D eigenvalue weighted by Gasteiger charge is 2.17. The fourth-order valence-electron chi connectivity index (χ4n) is 1.10. The van der Waals surface area contributed by atoms with Crippen molar-refractivity contribution in [2.75, 3.05) is 6.54 Å². The van der Waals surface area contributed by atoms with E-state index in [9.17, 15) is 4.79 Å². The van der Waals surface area contributed by atoms with E-state index in [1.807, 2.05) is 6.92 Å². The summed E-state index contributed by atoms with van der Waals surface area (Å²) < 4.78 is 0. The third-order valence-electron chi connectivity index (χ3n) is 2.39. The first-order valence-electron chi connectivity index (χ1n) is 5.05. The van der Waals surface area contributed by atoms with Crippen molar-refractivity contribution in [3.63, 3.8) is 0 Å². The normalized spacial score (nSPS) is 15.3. The van der Waals surface area contributed by atoms with E-state index in [0.717, 1.165) is 13.0 Å². The Bertz CT molecular complexity index is 148. The van der Waals surface area contributed by atoms with Gasteiger partial charge in [0.15, 0.2) is 0 Å². The number of unbranched alkanes of at least 4 members (excludes halogenated alkanes) is 2. The summed E-state index contributed by atoms with van der Waals surface area (Å²) in [5.74, 6) is -1.03. The lowest BCUT2D eigenvalue weighted by atomic mass is 10.0. The van der Waals surface area contributed by atoms with E-state index in [1.54, 1.807) is 6.92 Å². The lowest BCUT2D eigenvalue weighted by Gasteiger charge is -2.17. The van der Waals surface area contributed by atoms with E-state index in [4.69, 9.17) is 5.11 Å². The Kier molecular flexibility index (Phi) is 6.59. The lowest BCUT2D eigenvalue weighted by molar-refractivity contribution is -0.141. The first kappa shape index (κ1) is 12.4. The number of aliphatic carboxylic acids is 1. The van der Waals surface area contributed by atoms with Gasteiger partial charge in [-0.2, -0.15) is 0 Å². The van der Waals surface area contributed by atoms with Crippen molar-refractivity contribution in [1.29, 1.82) is 0 Å². The number of carboxylic acid groups (broad SMARTS) is 1. The summed E-state index contributed by atoms with van der Waals surface area (Å²) in [5, 5.41) is 11.9. The van der Waals surface area contributed by atoms with Crippen LogP contribution in [0.1, 0.15) is 40.0 Å². The molecule has 0 heterocycles. The molecule has 3 nitrogen and oxygen atoms in total. The molecule has 0 aliphatic heterocycles. The summed E-state index contributed by atoms with van der Waals surface area (Å²) in [6.07, 6.45) is 3.54. The molecule has 0 aromatic carbocycles. The van der Waals surface area contributed by atoms with E-state index in [0.29, 0.717) is 0 Å². The molecule has 0 aromatic heterocycles. The van der Waals surface area contributed by atoms with Crippen molar-refractivity contribution in [3.8, 4) is 0 Å². The van der Waals surface area contributed by atoms with Gasteiger partial charge in [0.2, 0.25) is 0 Å². The van der Waals surface area contributed by atoms with Crippen molar-refractivity contribution in [2.45, 2.75) is 46.1 Å². The second-order valence-electron chi connectivity index (χ2n) is 3.58. The van der Waals surface area contributed by atoms with Gasteiger partial charge in [0, 0.05) is 6.04 Å². The van der Waals surface area contributed by atoms with Crippen LogP contribution in [0.2, 0.25) is 0 Å². The van der Waals surface area contributed by atoms with Gasteiger partial charge in [0.05, 0.1) is 5.92 Å². The Morgan fingerprint density at radius 1 is 1.38 bits per heavy atom. The van der Waals surface area contributed by atoms with E-state index >= 15 is 0 Å². The van der Waals surface area contributed by atoms with Crippen LogP contribution in [-0.2, 0) is 4.79 Å². The predicted octanol–water partition coefficient (Wildman–Crippen LogP) is 1.88. The molecule has 0 aliphatic carbocycles. The van der Waals surface area contributed by atoms with Crippen molar-refractivity contribution in [3.05, 3.63) is 0 Å². The second kappa shape index (κ2) is 6.89. The minimum atomic E-state index is -0.726. The number of nitrogens with one attached hydrogen (secondary N) is 1. The fraction of sp³-hybridized carbons (Fsp3) is 0.900. The smallest absolute Gasteiger partial charge is 0.307 e. The molecule has 0 radical (unpaired) electrons. The third-order valence-corrected chi connectivity index (χ3v) is 2.39. The van der Waals surface area contributed by atoms with Crippen LogP contribution in [-0.4, -0.2) is 23.7 Å². The van der Waals surface area contributed by atoms with Crippen molar-refractivity contribution in [1.82, 2.24) is 5.32 Å². The van der Waals surface area contributed by atoms with Gasteiger partial charge in [-0.25, -0.2) is 0 Å². The van der Waals surface area contributed by atoms with E-state index < -0.39 is 5.97 Å². The Balaban J connectivity index is 3.50. The van der Waals surface area contributed by atoms with Crippen LogP contribution < -0.4 is 5.32 Å². The van der Waals surface area contributed by atoms with E-state index in [2.05, 4.69) is 12.2 Å². The average Bonchev–Trinajstić information content (AvgIpc) is 2.10. The molecule has 13 heavy (non-hydrogen) atoms. The first-order chi connectivity index (χ1) is 6.09. The molecule has 0 aromatic rings. The molecule has 0 aliphatic rings. The lowest BCUT2D eigenvalue weighted by Crippen LogP contribution is -2.36. The molecule has 0 saturated heterocycles. The number of rotatable bonds is 7. The number of hydrogen-bond donors (Lipinski definition) is 2. The van der Waals surface area contributed by atoms with Gasteiger partial charge in [-0.3, -0.25) is 4.79 Å². The van der Waals surface area contributed by atoms with E-state index in [-0.39, 0.29) is 12.0 Å². The maximum atomic E-state index is 10.6. The highest BCUT2D eigenvalue weighted by Crippen LogP contribution is 2.02. The number of carbonyl (C=O) groups is 1. The zero-order valence-electron chi connectivity index (χ0n) is 8.84. The van der Waals surface area contributed by atoms with Crippen molar-refractivity contribution in [2.24, 2.45) is 5.92 Å². The second-order valence-corrected chi connectivity index (χ2v) is 3.58. The minimum Gasteiger partial charge on any atom is -0.481 e. The standard InChI is InChI=1S/C10H21NO2/c1-4-5-6-7-11-9(3)8(2)10(12)13/h8-9,11H,4-7H2,1-3H3,(H,12,13). The monoisotopic (exact) mass is 187 g/mol. The molecule has 0 bridgehead atoms. The van der Waals surface area contributed by atoms with Crippen LogP contribution in [0.5, 0.6) is 0 Å². The fourth-order valence-corrected chi connectivity index (χ4v) is 1.10. The largest absolute Gasteiger partial charge is 0.481 e. The molecule has 0 fully saturated rings. The summed E-state index contributed by atoms with van der Waals surface area (Å²) in [5.41, 5.74) is 0. The molecular formula is C10H21NO2. The van der Waals surface area contributed by atoms with Crippen LogP contribution in [0.25, 0.3) is 0 Å². The maximum Gasteiger partial charge on any atom is 0.307 e. The van der Waals surface area contributed by atoms with Gasteiger partial charge in [-0.1, -0.05) is 26.7 Å². The molecule has 0 rings (SSSR count). The Hall–Kier alpha value is -0.570. The molecule has 0 spiro atoms. The van der Waals surface area contributed by atoms with E-state index in [1.165, 1.54) is 12.8 Å². The van der Waals surface area contributed by atoms with Gasteiger partial charge in [-0.05, 0) is 19.9 Å². The average molecular weight is 187 g/mol. The highest BCUT2D eigenvalue weighted by molar-refractivity contribution is 5.70. The quantitative estimate of drug-likeness (QED) is 0.598. The van der Waals surface area contributed by atoms with Crippen molar-refractivity contribution >= 4 is 5.97 Å². The van der Waals surface area contributed by atoms with Crippen LogP contribution >= 0.6 is 0 Å². The van der Waals surface area contributed by atoms with Gasteiger partial charge in [-0.15, -0.1) is 0 Å². The predicted molar refractivity (Wildman–Crippen MR) is 53.8 cm³/mol. The van der Waals surface area contributed by atoms with Gasteiger partial charge >= 0.3 is 5.97 Å². The van der Waals surface area contributed by atoms with Crippen LogP contribution in [0.4, 0.5) is 0 Å². The van der Waals surface area contributed by atoms with Crippen LogP contribution in [0.3, 0.4) is 0 Å². The summed E-state index contributed by atoms with van der Waals surface area (Å²) in [7, 11) is 0. The highest BCUT2D eigenvalue weighted by atomic mass is 16.4. The third kappa shape index (κ3) is 5.64. The topological polar surface area (TPSA) is 49.3 Å². The Labute approximate surface area is 80.5 Å². The molecule has 78 valence electrons.